The summed E-state index contributed by atoms with van der Waals surface area (Å²) in [5.41, 5.74) is 1.17. The fourth-order valence-corrected chi connectivity index (χ4v) is 2.37. The van der Waals surface area contributed by atoms with E-state index < -0.39 is 0 Å². The lowest BCUT2D eigenvalue weighted by Crippen LogP contribution is -2.46. The van der Waals surface area contributed by atoms with Crippen molar-refractivity contribution in [3.8, 4) is 0 Å². The number of nitrogens with zero attached hydrogens (tertiary/aromatic N) is 3. The summed E-state index contributed by atoms with van der Waals surface area (Å²) in [6, 6.07) is 4.25. The highest BCUT2D eigenvalue weighted by molar-refractivity contribution is 5.49. The smallest absolute Gasteiger partial charge is 0.128 e. The Morgan fingerprint density at radius 2 is 1.84 bits per heavy atom. The molecule has 1 saturated heterocycles. The minimum Gasteiger partial charge on any atom is -0.379 e. The van der Waals surface area contributed by atoms with E-state index in [9.17, 15) is 0 Å². The van der Waals surface area contributed by atoms with Crippen LogP contribution in [0, 0.1) is 0 Å². The van der Waals surface area contributed by atoms with Gasteiger partial charge in [-0.3, -0.25) is 0 Å². The quantitative estimate of drug-likeness (QED) is 0.906. The van der Waals surface area contributed by atoms with Crippen molar-refractivity contribution in [1.29, 1.82) is 0 Å². The summed E-state index contributed by atoms with van der Waals surface area (Å²) < 4.78 is 0. The van der Waals surface area contributed by atoms with Crippen molar-refractivity contribution in [2.24, 2.45) is 0 Å². The van der Waals surface area contributed by atoms with Gasteiger partial charge in [-0.2, -0.15) is 0 Å². The molecule has 4 heteroatoms. The molecule has 1 aromatic heterocycles. The first-order valence-corrected chi connectivity index (χ1v) is 7.19. The zero-order valence-electron chi connectivity index (χ0n) is 12.6. The Morgan fingerprint density at radius 3 is 2.32 bits per heavy atom. The van der Waals surface area contributed by atoms with Crippen LogP contribution in [0.1, 0.15) is 27.7 Å². The summed E-state index contributed by atoms with van der Waals surface area (Å²) in [5, 5.41) is 3.44. The fourth-order valence-electron chi connectivity index (χ4n) is 2.37. The maximum absolute atomic E-state index is 4.58. The molecule has 1 fully saturated rings. The number of piperazine rings is 1. The van der Waals surface area contributed by atoms with Gasteiger partial charge in [0, 0.05) is 31.7 Å². The van der Waals surface area contributed by atoms with Gasteiger partial charge in [0.2, 0.25) is 0 Å². The molecule has 0 bridgehead atoms. The van der Waals surface area contributed by atoms with Crippen LogP contribution in [0.4, 0.5) is 11.5 Å². The van der Waals surface area contributed by atoms with Crippen LogP contribution < -0.4 is 10.2 Å². The minimum absolute atomic E-state index is 0.0793. The molecule has 0 aliphatic carbocycles. The van der Waals surface area contributed by atoms with E-state index in [1.54, 1.807) is 0 Å². The SMILES string of the molecule is CCN1CCN(c2ccc(NC(C)(C)C)cn2)CC1. The third-order valence-electron chi connectivity index (χ3n) is 3.41. The molecule has 2 heterocycles. The molecule has 106 valence electrons. The van der Waals surface area contributed by atoms with Crippen LogP contribution in [-0.2, 0) is 0 Å². The molecule has 0 unspecified atom stereocenters. The van der Waals surface area contributed by atoms with E-state index in [-0.39, 0.29) is 5.54 Å². The Morgan fingerprint density at radius 1 is 1.16 bits per heavy atom. The van der Waals surface area contributed by atoms with Gasteiger partial charge in [0.05, 0.1) is 11.9 Å². The third kappa shape index (κ3) is 4.10. The molecule has 0 spiro atoms. The average Bonchev–Trinajstić information content (AvgIpc) is 2.38. The van der Waals surface area contributed by atoms with Gasteiger partial charge >= 0.3 is 0 Å². The molecule has 2 rings (SSSR count). The van der Waals surface area contributed by atoms with E-state index in [2.05, 4.69) is 59.9 Å². The fraction of sp³-hybridized carbons (Fsp3) is 0.667. The Kier molecular flexibility index (Phi) is 4.30. The van der Waals surface area contributed by atoms with Crippen molar-refractivity contribution in [2.75, 3.05) is 42.9 Å². The monoisotopic (exact) mass is 262 g/mol. The summed E-state index contributed by atoms with van der Waals surface area (Å²) in [7, 11) is 0. The number of hydrogen-bond donors (Lipinski definition) is 1. The van der Waals surface area contributed by atoms with Crippen LogP contribution in [0.3, 0.4) is 0 Å². The molecule has 1 aromatic rings. The second-order valence-corrected chi connectivity index (χ2v) is 6.20. The van der Waals surface area contributed by atoms with Gasteiger partial charge in [0.15, 0.2) is 0 Å². The van der Waals surface area contributed by atoms with Crippen LogP contribution in [0.25, 0.3) is 0 Å². The molecule has 19 heavy (non-hydrogen) atoms. The van der Waals surface area contributed by atoms with E-state index in [4.69, 9.17) is 0 Å². The average molecular weight is 262 g/mol. The van der Waals surface area contributed by atoms with Gasteiger partial charge < -0.3 is 15.1 Å². The number of nitrogens with one attached hydrogen (secondary N) is 1. The Hall–Kier alpha value is -1.29. The second kappa shape index (κ2) is 5.78. The Balaban J connectivity index is 1.95. The number of aromatic nitrogens is 1. The van der Waals surface area contributed by atoms with Crippen LogP contribution in [0.5, 0.6) is 0 Å². The minimum atomic E-state index is 0.0793. The molecule has 0 radical (unpaired) electrons. The van der Waals surface area contributed by atoms with Gasteiger partial charge in [0.25, 0.3) is 0 Å². The second-order valence-electron chi connectivity index (χ2n) is 6.20. The summed E-state index contributed by atoms with van der Waals surface area (Å²) in [4.78, 5) is 9.43. The maximum atomic E-state index is 4.58. The van der Waals surface area contributed by atoms with Crippen molar-refractivity contribution in [2.45, 2.75) is 33.2 Å². The van der Waals surface area contributed by atoms with Crippen molar-refractivity contribution < 1.29 is 0 Å². The summed E-state index contributed by atoms with van der Waals surface area (Å²) in [6.45, 7) is 14.3. The zero-order valence-corrected chi connectivity index (χ0v) is 12.6. The molecular formula is C15H26N4. The van der Waals surface area contributed by atoms with Crippen molar-refractivity contribution in [3.05, 3.63) is 18.3 Å². The van der Waals surface area contributed by atoms with Gasteiger partial charge in [-0.25, -0.2) is 4.98 Å². The largest absolute Gasteiger partial charge is 0.379 e. The Labute approximate surface area is 116 Å². The molecule has 1 N–H and O–H groups in total. The van der Waals surface area contributed by atoms with Crippen molar-refractivity contribution in [3.63, 3.8) is 0 Å². The molecular weight excluding hydrogens is 236 g/mol. The number of pyridine rings is 1. The molecule has 1 aliphatic rings. The standard InChI is InChI=1S/C15H26N4/c1-5-18-8-10-19(11-9-18)14-7-6-13(12-16-14)17-15(2,3)4/h6-7,12,17H,5,8-11H2,1-4H3. The number of likely N-dealkylation sites (N-methyl/N-ethyl adjacent to an activating group) is 1. The first-order chi connectivity index (χ1) is 8.98. The third-order valence-corrected chi connectivity index (χ3v) is 3.41. The molecule has 0 amide bonds. The lowest BCUT2D eigenvalue weighted by atomic mass is 10.1. The van der Waals surface area contributed by atoms with Gasteiger partial charge in [-0.05, 0) is 39.4 Å². The van der Waals surface area contributed by atoms with E-state index in [1.807, 2.05) is 6.20 Å². The van der Waals surface area contributed by atoms with Crippen molar-refractivity contribution >= 4 is 11.5 Å². The summed E-state index contributed by atoms with van der Waals surface area (Å²) >= 11 is 0. The van der Waals surface area contributed by atoms with E-state index in [0.29, 0.717) is 0 Å². The van der Waals surface area contributed by atoms with Gasteiger partial charge in [-0.15, -0.1) is 0 Å². The van der Waals surface area contributed by atoms with Crippen LogP contribution >= 0.6 is 0 Å². The number of hydrogen-bond acceptors (Lipinski definition) is 4. The molecule has 4 nitrogen and oxygen atoms in total. The summed E-state index contributed by atoms with van der Waals surface area (Å²) in [5.74, 6) is 1.09. The molecule has 0 atom stereocenters. The lowest BCUT2D eigenvalue weighted by molar-refractivity contribution is 0.270. The maximum Gasteiger partial charge on any atom is 0.128 e. The lowest BCUT2D eigenvalue weighted by Gasteiger charge is -2.34. The molecule has 0 saturated carbocycles. The highest BCUT2D eigenvalue weighted by Gasteiger charge is 2.16. The predicted molar refractivity (Wildman–Crippen MR) is 81.9 cm³/mol. The number of rotatable bonds is 3. The van der Waals surface area contributed by atoms with Crippen LogP contribution in [-0.4, -0.2) is 48.1 Å². The first-order valence-electron chi connectivity index (χ1n) is 7.19. The molecule has 0 aromatic carbocycles. The van der Waals surface area contributed by atoms with Crippen molar-refractivity contribution in [1.82, 2.24) is 9.88 Å². The topological polar surface area (TPSA) is 31.4 Å². The van der Waals surface area contributed by atoms with Gasteiger partial charge in [0.1, 0.15) is 5.82 Å². The highest BCUT2D eigenvalue weighted by atomic mass is 15.3. The van der Waals surface area contributed by atoms with E-state index in [0.717, 1.165) is 44.2 Å². The number of anilines is 2. The zero-order chi connectivity index (χ0) is 13.9. The highest BCUT2D eigenvalue weighted by Crippen LogP contribution is 2.18. The first kappa shape index (κ1) is 14.1. The van der Waals surface area contributed by atoms with Crippen LogP contribution in [0.2, 0.25) is 0 Å². The Bertz CT molecular complexity index is 386. The normalized spacial score (nSPS) is 17.6. The van der Waals surface area contributed by atoms with E-state index >= 15 is 0 Å². The van der Waals surface area contributed by atoms with E-state index in [1.165, 1.54) is 0 Å². The summed E-state index contributed by atoms with van der Waals surface area (Å²) in [6.07, 6.45) is 1.94. The van der Waals surface area contributed by atoms with Gasteiger partial charge in [-0.1, -0.05) is 6.92 Å². The predicted octanol–water partition coefficient (Wildman–Crippen LogP) is 2.43. The molecule has 1 aliphatic heterocycles. The van der Waals surface area contributed by atoms with Crippen LogP contribution in [0.15, 0.2) is 18.3 Å².